The van der Waals surface area contributed by atoms with E-state index in [0.717, 1.165) is 11.0 Å². The van der Waals surface area contributed by atoms with Gasteiger partial charge >= 0.3 is 18.1 Å². The number of aliphatic carboxylic acids is 1. The minimum atomic E-state index is -4.69. The molecule has 0 aliphatic heterocycles. The Morgan fingerprint density at radius 1 is 0.766 bits per heavy atom. The maximum atomic E-state index is 13.5. The van der Waals surface area contributed by atoms with Gasteiger partial charge in [0.05, 0.1) is 31.8 Å². The number of carboxylic acids is 1. The Morgan fingerprint density at radius 2 is 1.34 bits per heavy atom. The number of benzene rings is 4. The molecular weight excluding hydrogens is 621 g/mol. The quantitative estimate of drug-likeness (QED) is 0.144. The number of nitrogens with one attached hydrogen (secondary N) is 1. The molecule has 2 amide bonds. The molecule has 47 heavy (non-hydrogen) atoms. The third-order valence-corrected chi connectivity index (χ3v) is 6.84. The van der Waals surface area contributed by atoms with Gasteiger partial charge < -0.3 is 29.5 Å². The number of alkyl halides is 3. The zero-order valence-corrected chi connectivity index (χ0v) is 25.2. The van der Waals surface area contributed by atoms with Crippen molar-refractivity contribution in [1.29, 1.82) is 0 Å². The SMILES string of the molecule is COc1ccc(C(=O)Oc2ccc(CN(CC(=O)O)C(=O)c3ccc(NC(=O)Cc4ccc(OC)cc4C(F)(F)F)cc3)cc2)cc1. The van der Waals surface area contributed by atoms with Crippen molar-refractivity contribution in [2.45, 2.75) is 19.1 Å². The van der Waals surface area contributed by atoms with Crippen LogP contribution in [0.1, 0.15) is 37.4 Å². The van der Waals surface area contributed by atoms with Gasteiger partial charge in [-0.05, 0) is 83.9 Å². The molecule has 0 aromatic heterocycles. The highest BCUT2D eigenvalue weighted by molar-refractivity contribution is 5.97. The van der Waals surface area contributed by atoms with E-state index in [2.05, 4.69) is 5.32 Å². The zero-order chi connectivity index (χ0) is 34.1. The molecule has 0 aliphatic carbocycles. The molecule has 10 nitrogen and oxygen atoms in total. The Labute approximate surface area is 267 Å². The van der Waals surface area contributed by atoms with Crippen molar-refractivity contribution in [3.05, 3.63) is 119 Å². The van der Waals surface area contributed by atoms with Crippen LogP contribution >= 0.6 is 0 Å². The van der Waals surface area contributed by atoms with Gasteiger partial charge in [-0.15, -0.1) is 0 Å². The fourth-order valence-corrected chi connectivity index (χ4v) is 4.50. The lowest BCUT2D eigenvalue weighted by Gasteiger charge is -2.21. The summed E-state index contributed by atoms with van der Waals surface area (Å²) in [6, 6.07) is 21.4. The number of esters is 1. The van der Waals surface area contributed by atoms with Crippen LogP contribution in [0, 0.1) is 0 Å². The van der Waals surface area contributed by atoms with Crippen LogP contribution in [0.5, 0.6) is 17.2 Å². The molecule has 0 saturated heterocycles. The van der Waals surface area contributed by atoms with Crippen LogP contribution in [0.25, 0.3) is 0 Å². The Kier molecular flexibility index (Phi) is 10.8. The Hall–Kier alpha value is -5.85. The summed E-state index contributed by atoms with van der Waals surface area (Å²) in [4.78, 5) is 50.9. The molecule has 0 heterocycles. The van der Waals surface area contributed by atoms with E-state index >= 15 is 0 Å². The minimum absolute atomic E-state index is 0.00182. The van der Waals surface area contributed by atoms with Crippen molar-refractivity contribution >= 4 is 29.4 Å². The van der Waals surface area contributed by atoms with Crippen LogP contribution in [0.2, 0.25) is 0 Å². The second-order valence-electron chi connectivity index (χ2n) is 10.1. The van der Waals surface area contributed by atoms with Crippen LogP contribution in [-0.4, -0.2) is 54.5 Å². The molecule has 0 aliphatic rings. The summed E-state index contributed by atoms with van der Waals surface area (Å²) in [6.07, 6.45) is -5.26. The molecule has 2 N–H and O–H groups in total. The molecule has 0 bridgehead atoms. The number of hydrogen-bond acceptors (Lipinski definition) is 7. The predicted octanol–water partition coefficient (Wildman–Crippen LogP) is 5.85. The largest absolute Gasteiger partial charge is 0.497 e. The van der Waals surface area contributed by atoms with Crippen molar-refractivity contribution < 1.29 is 51.7 Å². The van der Waals surface area contributed by atoms with Crippen LogP contribution in [0.15, 0.2) is 91.0 Å². The van der Waals surface area contributed by atoms with E-state index in [1.165, 1.54) is 62.8 Å². The summed E-state index contributed by atoms with van der Waals surface area (Å²) in [5, 5.41) is 11.9. The predicted molar refractivity (Wildman–Crippen MR) is 164 cm³/mol. The highest BCUT2D eigenvalue weighted by atomic mass is 19.4. The van der Waals surface area contributed by atoms with E-state index in [4.69, 9.17) is 14.2 Å². The third kappa shape index (κ3) is 9.33. The van der Waals surface area contributed by atoms with Crippen molar-refractivity contribution in [3.63, 3.8) is 0 Å². The highest BCUT2D eigenvalue weighted by Gasteiger charge is 2.34. The number of amides is 2. The summed E-state index contributed by atoms with van der Waals surface area (Å²) in [5.74, 6) is -2.34. The molecule has 0 radical (unpaired) electrons. The number of methoxy groups -OCH3 is 2. The normalized spacial score (nSPS) is 10.9. The van der Waals surface area contributed by atoms with Gasteiger partial charge in [-0.2, -0.15) is 13.2 Å². The van der Waals surface area contributed by atoms with Crippen molar-refractivity contribution in [2.75, 3.05) is 26.1 Å². The van der Waals surface area contributed by atoms with E-state index in [-0.39, 0.29) is 34.9 Å². The number of carbonyl (C=O) groups excluding carboxylic acids is 3. The van der Waals surface area contributed by atoms with E-state index in [1.54, 1.807) is 36.4 Å². The van der Waals surface area contributed by atoms with E-state index < -0.39 is 48.5 Å². The van der Waals surface area contributed by atoms with Crippen LogP contribution in [0.4, 0.5) is 18.9 Å². The minimum Gasteiger partial charge on any atom is -0.497 e. The summed E-state index contributed by atoms with van der Waals surface area (Å²) < 4.78 is 55.8. The van der Waals surface area contributed by atoms with E-state index in [1.807, 2.05) is 0 Å². The first-order chi connectivity index (χ1) is 22.4. The maximum Gasteiger partial charge on any atom is 0.416 e. The number of hydrogen-bond donors (Lipinski definition) is 2. The Morgan fingerprint density at radius 3 is 1.91 bits per heavy atom. The lowest BCUT2D eigenvalue weighted by molar-refractivity contribution is -0.139. The number of nitrogens with zero attached hydrogens (tertiary/aromatic N) is 1. The molecule has 13 heteroatoms. The first kappa shape index (κ1) is 34.0. The molecule has 4 aromatic carbocycles. The average Bonchev–Trinajstić information content (AvgIpc) is 3.04. The second-order valence-corrected chi connectivity index (χ2v) is 10.1. The lowest BCUT2D eigenvalue weighted by atomic mass is 10.0. The number of rotatable bonds is 12. The summed E-state index contributed by atoms with van der Waals surface area (Å²) >= 11 is 0. The van der Waals surface area contributed by atoms with E-state index in [9.17, 15) is 37.5 Å². The topological polar surface area (TPSA) is 131 Å². The molecule has 0 atom stereocenters. The average molecular weight is 651 g/mol. The number of anilines is 1. The van der Waals surface area contributed by atoms with Gasteiger partial charge in [0.2, 0.25) is 5.91 Å². The van der Waals surface area contributed by atoms with Gasteiger partial charge in [-0.1, -0.05) is 18.2 Å². The summed E-state index contributed by atoms with van der Waals surface area (Å²) in [7, 11) is 2.74. The lowest BCUT2D eigenvalue weighted by Crippen LogP contribution is -2.35. The Bertz CT molecular complexity index is 1740. The molecule has 4 aromatic rings. The maximum absolute atomic E-state index is 13.5. The molecule has 4 rings (SSSR count). The van der Waals surface area contributed by atoms with Crippen LogP contribution in [0.3, 0.4) is 0 Å². The van der Waals surface area contributed by atoms with Gasteiger partial charge in [-0.25, -0.2) is 4.79 Å². The number of carboxylic acid groups (broad SMARTS) is 1. The first-order valence-corrected chi connectivity index (χ1v) is 14.0. The van der Waals surface area contributed by atoms with Gasteiger partial charge in [-0.3, -0.25) is 14.4 Å². The summed E-state index contributed by atoms with van der Waals surface area (Å²) in [6.45, 7) is -0.700. The molecule has 0 spiro atoms. The van der Waals surface area contributed by atoms with Gasteiger partial charge in [0.1, 0.15) is 23.8 Å². The molecule has 244 valence electrons. The van der Waals surface area contributed by atoms with E-state index in [0.29, 0.717) is 16.9 Å². The van der Waals surface area contributed by atoms with Crippen molar-refractivity contribution in [2.24, 2.45) is 0 Å². The smallest absolute Gasteiger partial charge is 0.416 e. The molecule has 0 saturated carbocycles. The number of carbonyl (C=O) groups is 4. The van der Waals surface area contributed by atoms with Gasteiger partial charge in [0.15, 0.2) is 0 Å². The highest BCUT2D eigenvalue weighted by Crippen LogP contribution is 2.34. The second kappa shape index (κ2) is 15.0. The standard InChI is InChI=1S/C34H29F3N2O8/c1-45-26-14-7-23(8-15-26)33(44)47-27-12-3-21(4-13-27)19-39(20-31(41)42)32(43)22-5-10-25(11-6-22)38-30(40)17-24-9-16-28(46-2)18-29(24)34(35,36)37/h3-16,18H,17,19-20H2,1-2H3,(H,38,40)(H,41,42). The number of ether oxygens (including phenoxy) is 3. The molecular formula is C34H29F3N2O8. The fourth-order valence-electron chi connectivity index (χ4n) is 4.50. The molecule has 0 fully saturated rings. The monoisotopic (exact) mass is 650 g/mol. The first-order valence-electron chi connectivity index (χ1n) is 14.0. The zero-order valence-electron chi connectivity index (χ0n) is 25.2. The Balaban J connectivity index is 1.39. The van der Waals surface area contributed by atoms with Crippen molar-refractivity contribution in [3.8, 4) is 17.2 Å². The third-order valence-electron chi connectivity index (χ3n) is 6.84. The fraction of sp³-hybridized carbons (Fsp3) is 0.176. The van der Waals surface area contributed by atoms with Crippen LogP contribution < -0.4 is 19.5 Å². The molecule has 0 unspecified atom stereocenters. The number of halogens is 3. The van der Waals surface area contributed by atoms with Crippen LogP contribution in [-0.2, 0) is 28.7 Å². The van der Waals surface area contributed by atoms with Crippen molar-refractivity contribution in [1.82, 2.24) is 4.90 Å². The summed E-state index contributed by atoms with van der Waals surface area (Å²) in [5.41, 5.74) is -0.0241. The van der Waals surface area contributed by atoms with Gasteiger partial charge in [0, 0.05) is 17.8 Å². The van der Waals surface area contributed by atoms with Gasteiger partial charge in [0.25, 0.3) is 5.91 Å².